The summed E-state index contributed by atoms with van der Waals surface area (Å²) in [6, 6.07) is 15.0. The van der Waals surface area contributed by atoms with Crippen LogP contribution in [0.3, 0.4) is 0 Å². The minimum absolute atomic E-state index is 1.31. The standard InChI is InChI=1S/C14H10S2/c1-2-5-13(14-6-3-8-16-14)12(4-1)11-7-9-15-10-11/h1-10H. The lowest BCUT2D eigenvalue weighted by Gasteiger charge is -2.05. The summed E-state index contributed by atoms with van der Waals surface area (Å²) in [7, 11) is 0. The third-order valence-electron chi connectivity index (χ3n) is 2.55. The van der Waals surface area contributed by atoms with E-state index in [0.717, 1.165) is 0 Å². The van der Waals surface area contributed by atoms with Gasteiger partial charge in [-0.2, -0.15) is 11.3 Å². The van der Waals surface area contributed by atoms with Crippen molar-refractivity contribution < 1.29 is 0 Å². The van der Waals surface area contributed by atoms with Crippen LogP contribution < -0.4 is 0 Å². The molecule has 78 valence electrons. The first kappa shape index (κ1) is 9.82. The summed E-state index contributed by atoms with van der Waals surface area (Å²) < 4.78 is 0. The second kappa shape index (κ2) is 4.24. The molecule has 3 aromatic rings. The van der Waals surface area contributed by atoms with Crippen molar-refractivity contribution in [2.24, 2.45) is 0 Å². The zero-order valence-corrected chi connectivity index (χ0v) is 10.2. The normalized spacial score (nSPS) is 10.5. The van der Waals surface area contributed by atoms with Gasteiger partial charge in [0.1, 0.15) is 0 Å². The van der Waals surface area contributed by atoms with Crippen molar-refractivity contribution in [3.05, 3.63) is 58.6 Å². The van der Waals surface area contributed by atoms with E-state index in [-0.39, 0.29) is 0 Å². The summed E-state index contributed by atoms with van der Waals surface area (Å²) in [4.78, 5) is 1.34. The van der Waals surface area contributed by atoms with E-state index in [2.05, 4.69) is 58.6 Å². The molecule has 0 N–H and O–H groups in total. The molecule has 0 atom stereocenters. The molecule has 16 heavy (non-hydrogen) atoms. The Labute approximate surface area is 103 Å². The van der Waals surface area contributed by atoms with E-state index in [1.54, 1.807) is 22.7 Å². The van der Waals surface area contributed by atoms with Gasteiger partial charge in [0.05, 0.1) is 0 Å². The average molecular weight is 242 g/mol. The molecule has 0 aliphatic rings. The Morgan fingerprint density at radius 3 is 2.31 bits per heavy atom. The highest BCUT2D eigenvalue weighted by Crippen LogP contribution is 2.35. The van der Waals surface area contributed by atoms with Crippen molar-refractivity contribution >= 4 is 22.7 Å². The first-order chi connectivity index (χ1) is 7.95. The smallest absolute Gasteiger partial charge is 0.0348 e. The van der Waals surface area contributed by atoms with Crippen molar-refractivity contribution in [3.8, 4) is 21.6 Å². The Morgan fingerprint density at radius 2 is 1.62 bits per heavy atom. The summed E-state index contributed by atoms with van der Waals surface area (Å²) in [5.74, 6) is 0. The molecule has 0 nitrogen and oxygen atoms in total. The van der Waals surface area contributed by atoms with Crippen LogP contribution in [0.15, 0.2) is 58.6 Å². The lowest BCUT2D eigenvalue weighted by atomic mass is 10.0. The van der Waals surface area contributed by atoms with Crippen molar-refractivity contribution in [3.63, 3.8) is 0 Å². The van der Waals surface area contributed by atoms with E-state index in [1.807, 2.05) is 0 Å². The number of hydrogen-bond donors (Lipinski definition) is 0. The molecule has 0 aliphatic carbocycles. The maximum Gasteiger partial charge on any atom is 0.0348 e. The van der Waals surface area contributed by atoms with Crippen molar-refractivity contribution in [2.45, 2.75) is 0 Å². The van der Waals surface area contributed by atoms with Gasteiger partial charge in [-0.25, -0.2) is 0 Å². The first-order valence-electron chi connectivity index (χ1n) is 5.10. The predicted octanol–water partition coefficient (Wildman–Crippen LogP) is 5.14. The van der Waals surface area contributed by atoms with E-state index in [0.29, 0.717) is 0 Å². The van der Waals surface area contributed by atoms with Crippen LogP contribution >= 0.6 is 22.7 Å². The van der Waals surface area contributed by atoms with Crippen LogP contribution in [0.5, 0.6) is 0 Å². The molecule has 0 aliphatic heterocycles. The van der Waals surface area contributed by atoms with Crippen LogP contribution in [0.4, 0.5) is 0 Å². The van der Waals surface area contributed by atoms with Crippen molar-refractivity contribution in [2.75, 3.05) is 0 Å². The third kappa shape index (κ3) is 1.70. The van der Waals surface area contributed by atoms with Crippen LogP contribution in [-0.4, -0.2) is 0 Å². The van der Waals surface area contributed by atoms with Gasteiger partial charge in [-0.3, -0.25) is 0 Å². The molecule has 1 aromatic carbocycles. The zero-order valence-electron chi connectivity index (χ0n) is 8.59. The number of thiophene rings is 2. The molecule has 2 aromatic heterocycles. The minimum Gasteiger partial charge on any atom is -0.152 e. The molecular formula is C14H10S2. The van der Waals surface area contributed by atoms with Gasteiger partial charge in [0, 0.05) is 4.88 Å². The summed E-state index contributed by atoms with van der Waals surface area (Å²) in [6.45, 7) is 0. The third-order valence-corrected chi connectivity index (χ3v) is 4.13. The lowest BCUT2D eigenvalue weighted by molar-refractivity contribution is 1.67. The van der Waals surface area contributed by atoms with Gasteiger partial charge >= 0.3 is 0 Å². The summed E-state index contributed by atoms with van der Waals surface area (Å²) in [5, 5.41) is 6.45. The lowest BCUT2D eigenvalue weighted by Crippen LogP contribution is -1.79. The van der Waals surface area contributed by atoms with Gasteiger partial charge in [0.2, 0.25) is 0 Å². The quantitative estimate of drug-likeness (QED) is 0.583. The highest BCUT2D eigenvalue weighted by atomic mass is 32.1. The van der Waals surface area contributed by atoms with Gasteiger partial charge in [0.25, 0.3) is 0 Å². The molecule has 0 radical (unpaired) electrons. The van der Waals surface area contributed by atoms with E-state index in [1.165, 1.54) is 21.6 Å². The molecule has 0 amide bonds. The molecule has 0 unspecified atom stereocenters. The molecular weight excluding hydrogens is 232 g/mol. The van der Waals surface area contributed by atoms with E-state index >= 15 is 0 Å². The van der Waals surface area contributed by atoms with Gasteiger partial charge in [0.15, 0.2) is 0 Å². The van der Waals surface area contributed by atoms with Crippen LogP contribution in [0, 0.1) is 0 Å². The molecule has 0 bridgehead atoms. The monoisotopic (exact) mass is 242 g/mol. The average Bonchev–Trinajstić information content (AvgIpc) is 3.03. The Bertz CT molecular complexity index is 509. The molecule has 0 spiro atoms. The van der Waals surface area contributed by atoms with Crippen LogP contribution in [-0.2, 0) is 0 Å². The fourth-order valence-electron chi connectivity index (χ4n) is 1.80. The van der Waals surface area contributed by atoms with Crippen molar-refractivity contribution in [1.29, 1.82) is 0 Å². The topological polar surface area (TPSA) is 0 Å². The summed E-state index contributed by atoms with van der Waals surface area (Å²) in [6.07, 6.45) is 0. The Balaban J connectivity index is 2.19. The SMILES string of the molecule is c1csc(-c2ccccc2-c2ccsc2)c1. The Kier molecular flexibility index (Phi) is 2.60. The molecule has 2 heteroatoms. The van der Waals surface area contributed by atoms with E-state index in [4.69, 9.17) is 0 Å². The molecule has 3 rings (SSSR count). The minimum atomic E-state index is 1.31. The second-order valence-electron chi connectivity index (χ2n) is 3.53. The van der Waals surface area contributed by atoms with Crippen LogP contribution in [0.25, 0.3) is 21.6 Å². The van der Waals surface area contributed by atoms with Gasteiger partial charge < -0.3 is 0 Å². The molecule has 0 fully saturated rings. The predicted molar refractivity (Wildman–Crippen MR) is 73.1 cm³/mol. The highest BCUT2D eigenvalue weighted by molar-refractivity contribution is 7.13. The summed E-state index contributed by atoms with van der Waals surface area (Å²) in [5.41, 5.74) is 3.97. The second-order valence-corrected chi connectivity index (χ2v) is 5.26. The van der Waals surface area contributed by atoms with E-state index < -0.39 is 0 Å². The molecule has 0 saturated heterocycles. The Hall–Kier alpha value is -1.38. The van der Waals surface area contributed by atoms with E-state index in [9.17, 15) is 0 Å². The number of rotatable bonds is 2. The number of benzene rings is 1. The van der Waals surface area contributed by atoms with Crippen LogP contribution in [0.1, 0.15) is 0 Å². The largest absolute Gasteiger partial charge is 0.152 e. The van der Waals surface area contributed by atoms with Gasteiger partial charge in [-0.15, -0.1) is 11.3 Å². The zero-order chi connectivity index (χ0) is 10.8. The van der Waals surface area contributed by atoms with Gasteiger partial charge in [-0.05, 0) is 45.0 Å². The van der Waals surface area contributed by atoms with Crippen molar-refractivity contribution in [1.82, 2.24) is 0 Å². The fraction of sp³-hybridized carbons (Fsp3) is 0. The maximum absolute atomic E-state index is 2.20. The highest BCUT2D eigenvalue weighted by Gasteiger charge is 2.07. The summed E-state index contributed by atoms with van der Waals surface area (Å²) >= 11 is 3.53. The maximum atomic E-state index is 2.20. The fourth-order valence-corrected chi connectivity index (χ4v) is 3.22. The van der Waals surface area contributed by atoms with Crippen LogP contribution in [0.2, 0.25) is 0 Å². The molecule has 2 heterocycles. The molecule has 0 saturated carbocycles. The number of hydrogen-bond acceptors (Lipinski definition) is 2. The van der Waals surface area contributed by atoms with Gasteiger partial charge in [-0.1, -0.05) is 30.3 Å². The Morgan fingerprint density at radius 1 is 0.750 bits per heavy atom. The first-order valence-corrected chi connectivity index (χ1v) is 6.93.